The van der Waals surface area contributed by atoms with E-state index in [1.807, 2.05) is 6.07 Å². The highest BCUT2D eigenvalue weighted by atomic mass is 79.9. The van der Waals surface area contributed by atoms with Crippen molar-refractivity contribution in [3.8, 4) is 0 Å². The molecule has 82 valence electrons. The van der Waals surface area contributed by atoms with Crippen LogP contribution in [0.5, 0.6) is 0 Å². The molecule has 15 heavy (non-hydrogen) atoms. The fourth-order valence-electron chi connectivity index (χ4n) is 1.65. The number of pyridine rings is 1. The lowest BCUT2D eigenvalue weighted by Crippen LogP contribution is -2.47. The van der Waals surface area contributed by atoms with Crippen molar-refractivity contribution in [2.75, 3.05) is 11.2 Å². The van der Waals surface area contributed by atoms with Crippen LogP contribution in [0.2, 0.25) is 5.02 Å². The summed E-state index contributed by atoms with van der Waals surface area (Å²) in [6, 6.07) is 1.83. The predicted molar refractivity (Wildman–Crippen MR) is 67.9 cm³/mol. The molecule has 0 unspecified atom stereocenters. The Balaban J connectivity index is 2.16. The molecule has 0 radical (unpaired) electrons. The number of hydrogen-bond donors (Lipinski definition) is 1. The number of nitrogens with zero attached hydrogens (tertiary/aromatic N) is 1. The molecule has 0 aromatic carbocycles. The highest BCUT2D eigenvalue weighted by Crippen LogP contribution is 2.37. The van der Waals surface area contributed by atoms with Crippen LogP contribution in [0, 0.1) is 0 Å². The third-order valence-corrected chi connectivity index (χ3v) is 4.08. The first-order valence-electron chi connectivity index (χ1n) is 4.80. The van der Waals surface area contributed by atoms with Gasteiger partial charge < -0.3 is 5.32 Å². The van der Waals surface area contributed by atoms with E-state index in [2.05, 4.69) is 26.2 Å². The van der Waals surface area contributed by atoms with Gasteiger partial charge in [-0.2, -0.15) is 0 Å². The van der Waals surface area contributed by atoms with E-state index in [4.69, 9.17) is 23.2 Å². The Kier molecular flexibility index (Phi) is 3.43. The molecule has 1 aliphatic rings. The monoisotopic (exact) mass is 308 g/mol. The fraction of sp³-hybridized carbons (Fsp3) is 0.500. The van der Waals surface area contributed by atoms with Crippen LogP contribution >= 0.6 is 39.1 Å². The zero-order valence-electron chi connectivity index (χ0n) is 8.06. The van der Waals surface area contributed by atoms with Crippen LogP contribution < -0.4 is 5.32 Å². The molecule has 1 aromatic rings. The molecular formula is C10H11BrCl2N2. The van der Waals surface area contributed by atoms with E-state index < -0.39 is 0 Å². The molecule has 1 N–H and O–H groups in total. The summed E-state index contributed by atoms with van der Waals surface area (Å²) < 4.78 is 0.881. The van der Waals surface area contributed by atoms with E-state index in [0.717, 1.165) is 23.1 Å². The van der Waals surface area contributed by atoms with Crippen LogP contribution in [-0.2, 0) is 0 Å². The maximum atomic E-state index is 5.96. The summed E-state index contributed by atoms with van der Waals surface area (Å²) >= 11 is 15.2. The van der Waals surface area contributed by atoms with Gasteiger partial charge >= 0.3 is 0 Å². The summed E-state index contributed by atoms with van der Waals surface area (Å²) in [6.07, 6.45) is 5.07. The minimum absolute atomic E-state index is 0.0326. The molecule has 1 fully saturated rings. The molecule has 0 spiro atoms. The first-order valence-corrected chi connectivity index (χ1v) is 6.51. The molecule has 0 saturated heterocycles. The standard InChI is InChI=1S/C10H11BrCl2N2/c11-8-4-7(13)5-14-9(8)15-10(6-12)2-1-3-10/h4-5H,1-3,6H2,(H,14,15). The summed E-state index contributed by atoms with van der Waals surface area (Å²) in [5.74, 6) is 1.43. The average molecular weight is 310 g/mol. The van der Waals surface area contributed by atoms with Gasteiger partial charge in [0.15, 0.2) is 0 Å². The van der Waals surface area contributed by atoms with Crippen LogP contribution in [0.15, 0.2) is 16.7 Å². The van der Waals surface area contributed by atoms with Crippen LogP contribution in [0.1, 0.15) is 19.3 Å². The zero-order chi connectivity index (χ0) is 10.9. The third-order valence-electron chi connectivity index (χ3n) is 2.76. The molecular weight excluding hydrogens is 299 g/mol. The lowest BCUT2D eigenvalue weighted by atomic mass is 9.78. The minimum Gasteiger partial charge on any atom is -0.362 e. The Morgan fingerprint density at radius 2 is 2.27 bits per heavy atom. The molecule has 2 rings (SSSR count). The van der Waals surface area contributed by atoms with Crippen molar-refractivity contribution in [1.29, 1.82) is 0 Å². The second-order valence-corrected chi connectivity index (χ2v) is 5.43. The number of nitrogens with one attached hydrogen (secondary N) is 1. The molecule has 0 atom stereocenters. The van der Waals surface area contributed by atoms with E-state index in [9.17, 15) is 0 Å². The van der Waals surface area contributed by atoms with Gasteiger partial charge in [0.2, 0.25) is 0 Å². The quantitative estimate of drug-likeness (QED) is 0.851. The summed E-state index contributed by atoms with van der Waals surface area (Å²) in [6.45, 7) is 0. The fourth-order valence-corrected chi connectivity index (χ4v) is 2.73. The second-order valence-electron chi connectivity index (χ2n) is 3.88. The SMILES string of the molecule is ClCC1(Nc2ncc(Cl)cc2Br)CCC1. The van der Waals surface area contributed by atoms with Crippen molar-refractivity contribution in [2.45, 2.75) is 24.8 Å². The van der Waals surface area contributed by atoms with Gasteiger partial charge in [-0.25, -0.2) is 4.98 Å². The van der Waals surface area contributed by atoms with Gasteiger partial charge in [-0.05, 0) is 41.3 Å². The second kappa shape index (κ2) is 4.48. The van der Waals surface area contributed by atoms with Crippen molar-refractivity contribution in [1.82, 2.24) is 4.98 Å². The van der Waals surface area contributed by atoms with E-state index in [0.29, 0.717) is 10.9 Å². The smallest absolute Gasteiger partial charge is 0.140 e. The first kappa shape index (κ1) is 11.5. The number of aromatic nitrogens is 1. The van der Waals surface area contributed by atoms with Gasteiger partial charge in [0.05, 0.1) is 15.0 Å². The Labute approximate surface area is 107 Å². The van der Waals surface area contributed by atoms with E-state index in [1.54, 1.807) is 6.20 Å². The van der Waals surface area contributed by atoms with Crippen LogP contribution in [0.4, 0.5) is 5.82 Å². The molecule has 1 saturated carbocycles. The lowest BCUT2D eigenvalue weighted by molar-refractivity contribution is 0.310. The van der Waals surface area contributed by atoms with Crippen molar-refractivity contribution in [2.24, 2.45) is 0 Å². The highest BCUT2D eigenvalue weighted by Gasteiger charge is 2.36. The number of halogens is 3. The molecule has 1 aliphatic carbocycles. The van der Waals surface area contributed by atoms with Crippen LogP contribution in [0.25, 0.3) is 0 Å². The molecule has 0 amide bonds. The van der Waals surface area contributed by atoms with Crippen molar-refractivity contribution in [3.05, 3.63) is 21.8 Å². The normalized spacial score (nSPS) is 18.3. The number of rotatable bonds is 3. The maximum absolute atomic E-state index is 5.96. The van der Waals surface area contributed by atoms with Crippen LogP contribution in [0.3, 0.4) is 0 Å². The topological polar surface area (TPSA) is 24.9 Å². The lowest BCUT2D eigenvalue weighted by Gasteiger charge is -2.41. The maximum Gasteiger partial charge on any atom is 0.140 e. The summed E-state index contributed by atoms with van der Waals surface area (Å²) in [5.41, 5.74) is 0.0326. The van der Waals surface area contributed by atoms with Crippen molar-refractivity contribution >= 4 is 44.9 Å². The largest absolute Gasteiger partial charge is 0.362 e. The van der Waals surface area contributed by atoms with Gasteiger partial charge in [0.1, 0.15) is 5.82 Å². The molecule has 0 bridgehead atoms. The summed E-state index contributed by atoms with van der Waals surface area (Å²) in [7, 11) is 0. The Morgan fingerprint density at radius 3 is 2.73 bits per heavy atom. The molecule has 1 aromatic heterocycles. The average Bonchev–Trinajstić information content (AvgIpc) is 2.14. The van der Waals surface area contributed by atoms with Gasteiger partial charge in [-0.3, -0.25) is 0 Å². The minimum atomic E-state index is 0.0326. The van der Waals surface area contributed by atoms with E-state index in [1.165, 1.54) is 6.42 Å². The van der Waals surface area contributed by atoms with Crippen molar-refractivity contribution in [3.63, 3.8) is 0 Å². The predicted octanol–water partition coefficient (Wildman–Crippen LogP) is 4.07. The Bertz CT molecular complexity index is 361. The number of alkyl halides is 1. The molecule has 0 aliphatic heterocycles. The van der Waals surface area contributed by atoms with Crippen molar-refractivity contribution < 1.29 is 0 Å². The number of anilines is 1. The first-order chi connectivity index (χ1) is 7.15. The van der Waals surface area contributed by atoms with Gasteiger partial charge in [-0.15, -0.1) is 11.6 Å². The van der Waals surface area contributed by atoms with Gasteiger partial charge in [-0.1, -0.05) is 11.6 Å². The molecule has 2 nitrogen and oxygen atoms in total. The van der Waals surface area contributed by atoms with Crippen LogP contribution in [-0.4, -0.2) is 16.4 Å². The van der Waals surface area contributed by atoms with E-state index >= 15 is 0 Å². The van der Waals surface area contributed by atoms with Gasteiger partial charge in [0.25, 0.3) is 0 Å². The summed E-state index contributed by atoms with van der Waals surface area (Å²) in [4.78, 5) is 4.24. The Morgan fingerprint density at radius 1 is 1.53 bits per heavy atom. The third kappa shape index (κ3) is 2.40. The molecule has 5 heteroatoms. The van der Waals surface area contributed by atoms with Gasteiger partial charge in [0, 0.05) is 12.1 Å². The van der Waals surface area contributed by atoms with E-state index in [-0.39, 0.29) is 5.54 Å². The Hall–Kier alpha value is 0.01000. The highest BCUT2D eigenvalue weighted by molar-refractivity contribution is 9.10. The number of hydrogen-bond acceptors (Lipinski definition) is 2. The molecule has 1 heterocycles. The summed E-state index contributed by atoms with van der Waals surface area (Å²) in [5, 5.41) is 4.01. The zero-order valence-corrected chi connectivity index (χ0v) is 11.2.